The fourth-order valence-corrected chi connectivity index (χ4v) is 2.15. The van der Waals surface area contributed by atoms with Crippen LogP contribution in [-0.2, 0) is 9.59 Å². The molecule has 22 heavy (non-hydrogen) atoms. The summed E-state index contributed by atoms with van der Waals surface area (Å²) in [6.07, 6.45) is 6.76. The van der Waals surface area contributed by atoms with E-state index in [4.69, 9.17) is 0 Å². The monoisotopic (exact) mass is 332 g/mol. The number of hydrogen-bond donors (Lipinski definition) is 0. The Morgan fingerprint density at radius 1 is 0.636 bits per heavy atom. The minimum Gasteiger partial charge on any atom is -0.550 e. The Morgan fingerprint density at radius 2 is 0.818 bits per heavy atom. The van der Waals surface area contributed by atoms with E-state index >= 15 is 0 Å². The third-order valence-corrected chi connectivity index (χ3v) is 3.22. The molecule has 0 saturated carbocycles. The van der Waals surface area contributed by atoms with Gasteiger partial charge in [-0.1, -0.05) is 53.4 Å². The average Bonchev–Trinajstić information content (AvgIpc) is 2.38. The molecular weight excluding hydrogens is 302 g/mol. The minimum atomic E-state index is -0.885. The number of carbonyl (C=O) groups excluding carboxylic acids is 2. The molecule has 4 nitrogen and oxygen atoms in total. The van der Waals surface area contributed by atoms with Crippen LogP contribution in [0.5, 0.6) is 0 Å². The van der Waals surface area contributed by atoms with Crippen LogP contribution < -0.4 is 69.3 Å². The summed E-state index contributed by atoms with van der Waals surface area (Å²) in [5, 5.41) is 20.7. The zero-order valence-corrected chi connectivity index (χ0v) is 19.4. The first-order chi connectivity index (χ1) is 9.44. The van der Waals surface area contributed by atoms with Crippen LogP contribution in [0.1, 0.15) is 79.1 Å². The number of carbonyl (C=O) groups is 2. The third-order valence-electron chi connectivity index (χ3n) is 3.22. The molecule has 0 aliphatic carbocycles. The Morgan fingerprint density at radius 3 is 0.909 bits per heavy atom. The molecule has 0 aliphatic heterocycles. The molecular formula is C16H30Na2O4. The van der Waals surface area contributed by atoms with E-state index in [1.54, 1.807) is 0 Å². The molecule has 0 heterocycles. The van der Waals surface area contributed by atoms with Crippen molar-refractivity contribution in [1.29, 1.82) is 0 Å². The van der Waals surface area contributed by atoms with Gasteiger partial charge in [-0.05, 0) is 37.5 Å². The summed E-state index contributed by atoms with van der Waals surface area (Å²) < 4.78 is 0. The summed E-state index contributed by atoms with van der Waals surface area (Å²) in [4.78, 5) is 20.7. The van der Waals surface area contributed by atoms with Gasteiger partial charge in [0.05, 0.1) is 0 Å². The first kappa shape index (κ1) is 30.8. The average molecular weight is 332 g/mol. The van der Waals surface area contributed by atoms with Gasteiger partial charge < -0.3 is 19.8 Å². The number of carboxylic acids is 2. The molecule has 0 bridgehead atoms. The second-order valence-corrected chi connectivity index (χ2v) is 5.19. The van der Waals surface area contributed by atoms with Crippen LogP contribution in [0.25, 0.3) is 0 Å². The molecule has 0 radical (unpaired) electrons. The van der Waals surface area contributed by atoms with Crippen LogP contribution in [0, 0.1) is 11.8 Å². The molecule has 0 aromatic heterocycles. The summed E-state index contributed by atoms with van der Waals surface area (Å²) in [5.74, 6) is -2.20. The van der Waals surface area contributed by atoms with Gasteiger partial charge in [0.1, 0.15) is 0 Å². The van der Waals surface area contributed by atoms with Gasteiger partial charge in [-0.3, -0.25) is 0 Å². The van der Waals surface area contributed by atoms with Gasteiger partial charge in [-0.2, -0.15) is 0 Å². The van der Waals surface area contributed by atoms with Crippen molar-refractivity contribution in [2.75, 3.05) is 0 Å². The van der Waals surface area contributed by atoms with Crippen LogP contribution in [-0.4, -0.2) is 11.9 Å². The second kappa shape index (κ2) is 21.9. The van der Waals surface area contributed by atoms with E-state index < -0.39 is 11.9 Å². The summed E-state index contributed by atoms with van der Waals surface area (Å²) in [5.41, 5.74) is 0. The Bertz CT molecular complexity index is 223. The van der Waals surface area contributed by atoms with Gasteiger partial charge in [-0.25, -0.2) is 0 Å². The predicted molar refractivity (Wildman–Crippen MR) is 76.6 cm³/mol. The molecule has 120 valence electrons. The zero-order chi connectivity index (χ0) is 16.0. The van der Waals surface area contributed by atoms with Crippen LogP contribution in [0.3, 0.4) is 0 Å². The van der Waals surface area contributed by atoms with E-state index in [9.17, 15) is 19.8 Å². The van der Waals surface area contributed by atoms with E-state index in [1.807, 2.05) is 27.7 Å². The number of hydrogen-bond acceptors (Lipinski definition) is 4. The maximum absolute atomic E-state index is 10.4. The van der Waals surface area contributed by atoms with Crippen LogP contribution in [0.4, 0.5) is 0 Å². The summed E-state index contributed by atoms with van der Waals surface area (Å²) >= 11 is 0. The van der Waals surface area contributed by atoms with Gasteiger partial charge in [0, 0.05) is 11.9 Å². The second-order valence-electron chi connectivity index (χ2n) is 5.19. The molecule has 0 N–H and O–H groups in total. The quantitative estimate of drug-likeness (QED) is 0.381. The molecule has 0 aromatic rings. The third kappa shape index (κ3) is 19.0. The van der Waals surface area contributed by atoms with Crippen molar-refractivity contribution in [3.63, 3.8) is 0 Å². The largest absolute Gasteiger partial charge is 1.00 e. The molecule has 0 spiro atoms. The maximum atomic E-state index is 10.4. The topological polar surface area (TPSA) is 80.3 Å². The van der Waals surface area contributed by atoms with Gasteiger partial charge >= 0.3 is 59.1 Å². The first-order valence-electron chi connectivity index (χ1n) is 7.86. The summed E-state index contributed by atoms with van der Waals surface area (Å²) in [7, 11) is 0. The van der Waals surface area contributed by atoms with E-state index in [2.05, 4.69) is 0 Å². The van der Waals surface area contributed by atoms with Crippen molar-refractivity contribution in [2.24, 2.45) is 11.8 Å². The van der Waals surface area contributed by atoms with Crippen LogP contribution in [0.2, 0.25) is 0 Å². The molecule has 0 rings (SSSR count). The maximum Gasteiger partial charge on any atom is 1.00 e. The Kier molecular flexibility index (Phi) is 30.7. The molecule has 0 unspecified atom stereocenters. The van der Waals surface area contributed by atoms with Gasteiger partial charge in [0.15, 0.2) is 0 Å². The normalized spacial score (nSPS) is 9.36. The standard InChI is InChI=1S/2C8H16O2.2Na/c2*1-3-5-7(6-4-2)8(9)10;;/h2*7H,3-6H2,1-2H3,(H,9,10);;/q;;2*+1/p-2. The molecule has 0 saturated heterocycles. The van der Waals surface area contributed by atoms with E-state index in [0.717, 1.165) is 51.4 Å². The number of aliphatic carboxylic acids is 2. The first-order valence-corrected chi connectivity index (χ1v) is 7.86. The van der Waals surface area contributed by atoms with Gasteiger partial charge in [0.2, 0.25) is 0 Å². The Labute approximate surface area is 180 Å². The van der Waals surface area contributed by atoms with Crippen molar-refractivity contribution in [1.82, 2.24) is 0 Å². The van der Waals surface area contributed by atoms with Crippen LogP contribution >= 0.6 is 0 Å². The van der Waals surface area contributed by atoms with Crippen molar-refractivity contribution in [3.05, 3.63) is 0 Å². The van der Waals surface area contributed by atoms with Gasteiger partial charge in [-0.15, -0.1) is 0 Å². The molecule has 0 fully saturated rings. The number of rotatable bonds is 10. The fraction of sp³-hybridized carbons (Fsp3) is 0.875. The Hall–Kier alpha value is 0.940. The fourth-order valence-electron chi connectivity index (χ4n) is 2.15. The van der Waals surface area contributed by atoms with Crippen molar-refractivity contribution in [3.8, 4) is 0 Å². The SMILES string of the molecule is CCCC(CCC)C(=O)[O-].CCCC(CCC)C(=O)[O-].[Na+].[Na+]. The molecule has 0 aromatic carbocycles. The zero-order valence-electron chi connectivity index (χ0n) is 15.4. The molecule has 6 heteroatoms. The summed E-state index contributed by atoms with van der Waals surface area (Å²) in [6.45, 7) is 7.97. The predicted octanol–water partition coefficient (Wildman–Crippen LogP) is -4.09. The van der Waals surface area contributed by atoms with Gasteiger partial charge in [0.25, 0.3) is 0 Å². The van der Waals surface area contributed by atoms with Crippen molar-refractivity contribution < 1.29 is 78.9 Å². The van der Waals surface area contributed by atoms with Crippen molar-refractivity contribution >= 4 is 11.9 Å². The van der Waals surface area contributed by atoms with Crippen LogP contribution in [0.15, 0.2) is 0 Å². The Balaban J connectivity index is -0.000000135. The molecule has 0 aliphatic rings. The van der Waals surface area contributed by atoms with E-state index in [-0.39, 0.29) is 71.0 Å². The van der Waals surface area contributed by atoms with E-state index in [1.165, 1.54) is 0 Å². The van der Waals surface area contributed by atoms with Crippen molar-refractivity contribution in [2.45, 2.75) is 79.1 Å². The van der Waals surface area contributed by atoms with E-state index in [0.29, 0.717) is 0 Å². The smallest absolute Gasteiger partial charge is 0.550 e. The minimum absolute atomic E-state index is 0. The molecule has 0 amide bonds. The summed E-state index contributed by atoms with van der Waals surface area (Å²) in [6, 6.07) is 0. The number of carboxylic acid groups (broad SMARTS) is 2. The molecule has 0 atom stereocenters.